The minimum Gasteiger partial charge on any atom is -0.497 e. The SMILES string of the molecule is COc1cccc(N(C)S(=O)(=O)c2ccsc2-c2nc(-c3cccnc3)no2)c1. The molecule has 8 nitrogen and oxygen atoms in total. The van der Waals surface area contributed by atoms with E-state index in [1.54, 1.807) is 54.2 Å². The van der Waals surface area contributed by atoms with E-state index < -0.39 is 10.0 Å². The summed E-state index contributed by atoms with van der Waals surface area (Å²) in [6.07, 6.45) is 3.25. The molecule has 4 aromatic rings. The maximum Gasteiger partial charge on any atom is 0.269 e. The van der Waals surface area contributed by atoms with Crippen molar-refractivity contribution in [2.45, 2.75) is 4.90 Å². The highest BCUT2D eigenvalue weighted by atomic mass is 32.2. The molecule has 1 aromatic carbocycles. The lowest BCUT2D eigenvalue weighted by molar-refractivity contribution is 0.415. The van der Waals surface area contributed by atoms with E-state index >= 15 is 0 Å². The number of hydrogen-bond donors (Lipinski definition) is 0. The van der Waals surface area contributed by atoms with Crippen LogP contribution < -0.4 is 9.04 Å². The van der Waals surface area contributed by atoms with Gasteiger partial charge in [0.1, 0.15) is 15.5 Å². The Labute approximate surface area is 171 Å². The molecule has 0 spiro atoms. The van der Waals surface area contributed by atoms with Crippen LogP contribution in [0, 0.1) is 0 Å². The minimum atomic E-state index is -3.86. The summed E-state index contributed by atoms with van der Waals surface area (Å²) < 4.78 is 38.2. The molecule has 0 N–H and O–H groups in total. The summed E-state index contributed by atoms with van der Waals surface area (Å²) in [6, 6.07) is 11.9. The number of sulfonamides is 1. The summed E-state index contributed by atoms with van der Waals surface area (Å²) in [4.78, 5) is 8.84. The molecule has 148 valence electrons. The first-order valence-corrected chi connectivity index (χ1v) is 10.8. The molecule has 0 aliphatic rings. The zero-order valence-corrected chi connectivity index (χ0v) is 17.1. The Kier molecular flexibility index (Phi) is 5.03. The number of methoxy groups -OCH3 is 1. The van der Waals surface area contributed by atoms with Crippen molar-refractivity contribution in [1.29, 1.82) is 0 Å². The van der Waals surface area contributed by atoms with Gasteiger partial charge in [0.05, 0.1) is 12.8 Å². The monoisotopic (exact) mass is 428 g/mol. The summed E-state index contributed by atoms with van der Waals surface area (Å²) in [7, 11) is -0.845. The molecule has 3 heterocycles. The Morgan fingerprint density at radius 3 is 2.79 bits per heavy atom. The van der Waals surface area contributed by atoms with E-state index in [1.165, 1.54) is 35.9 Å². The molecule has 0 radical (unpaired) electrons. The number of rotatable bonds is 6. The van der Waals surface area contributed by atoms with Crippen molar-refractivity contribution in [2.24, 2.45) is 0 Å². The third-order valence-corrected chi connectivity index (χ3v) is 7.08. The molecule has 29 heavy (non-hydrogen) atoms. The summed E-state index contributed by atoms with van der Waals surface area (Å²) in [5.41, 5.74) is 1.15. The molecule has 0 fully saturated rings. The minimum absolute atomic E-state index is 0.0919. The number of benzene rings is 1. The van der Waals surface area contributed by atoms with Gasteiger partial charge in [0, 0.05) is 31.1 Å². The van der Waals surface area contributed by atoms with Crippen molar-refractivity contribution in [2.75, 3.05) is 18.5 Å². The average molecular weight is 428 g/mol. The van der Waals surface area contributed by atoms with Crippen LogP contribution in [-0.4, -0.2) is 37.7 Å². The molecular formula is C19H16N4O4S2. The molecule has 0 atom stereocenters. The van der Waals surface area contributed by atoms with E-state index in [0.717, 1.165) is 0 Å². The molecule has 0 unspecified atom stereocenters. The van der Waals surface area contributed by atoms with Gasteiger partial charge in [0.15, 0.2) is 0 Å². The fourth-order valence-corrected chi connectivity index (χ4v) is 5.18. The smallest absolute Gasteiger partial charge is 0.269 e. The van der Waals surface area contributed by atoms with Crippen LogP contribution in [0.2, 0.25) is 0 Å². The molecule has 3 aromatic heterocycles. The van der Waals surface area contributed by atoms with Gasteiger partial charge in [-0.3, -0.25) is 9.29 Å². The third kappa shape index (κ3) is 3.59. The van der Waals surface area contributed by atoms with Crippen molar-refractivity contribution in [3.63, 3.8) is 0 Å². The van der Waals surface area contributed by atoms with E-state index in [1.807, 2.05) is 0 Å². The molecule has 0 saturated carbocycles. The first-order valence-electron chi connectivity index (χ1n) is 8.45. The lowest BCUT2D eigenvalue weighted by Crippen LogP contribution is -2.26. The lowest BCUT2D eigenvalue weighted by Gasteiger charge is -2.19. The number of ether oxygens (including phenoxy) is 1. The Morgan fingerprint density at radius 2 is 2.03 bits per heavy atom. The molecular weight excluding hydrogens is 412 g/mol. The van der Waals surface area contributed by atoms with E-state index in [0.29, 0.717) is 27.7 Å². The normalized spacial score (nSPS) is 11.4. The lowest BCUT2D eigenvalue weighted by atomic mass is 10.3. The summed E-state index contributed by atoms with van der Waals surface area (Å²) in [5, 5.41) is 5.62. The Balaban J connectivity index is 1.71. The zero-order valence-electron chi connectivity index (χ0n) is 15.5. The van der Waals surface area contributed by atoms with Crippen molar-refractivity contribution in [3.05, 3.63) is 60.2 Å². The van der Waals surface area contributed by atoms with E-state index in [2.05, 4.69) is 15.1 Å². The van der Waals surface area contributed by atoms with Crippen LogP contribution in [0.5, 0.6) is 5.75 Å². The summed E-state index contributed by atoms with van der Waals surface area (Å²) >= 11 is 1.22. The predicted octanol–water partition coefficient (Wildman–Crippen LogP) is 3.69. The van der Waals surface area contributed by atoms with Crippen LogP contribution in [0.1, 0.15) is 0 Å². The first-order chi connectivity index (χ1) is 14.0. The zero-order chi connectivity index (χ0) is 20.4. The topological polar surface area (TPSA) is 98.4 Å². The van der Waals surface area contributed by atoms with E-state index in [9.17, 15) is 8.42 Å². The van der Waals surface area contributed by atoms with Gasteiger partial charge >= 0.3 is 0 Å². The molecule has 0 aliphatic heterocycles. The van der Waals surface area contributed by atoms with Gasteiger partial charge in [-0.25, -0.2) is 8.42 Å². The van der Waals surface area contributed by atoms with Gasteiger partial charge in [-0.2, -0.15) is 4.98 Å². The highest BCUT2D eigenvalue weighted by Gasteiger charge is 2.28. The average Bonchev–Trinajstić information content (AvgIpc) is 3.43. The number of pyridine rings is 1. The second-order valence-corrected chi connectivity index (χ2v) is 8.81. The predicted molar refractivity (Wildman–Crippen MR) is 109 cm³/mol. The molecule has 10 heteroatoms. The molecule has 0 bridgehead atoms. The van der Waals surface area contributed by atoms with E-state index in [-0.39, 0.29) is 10.8 Å². The fourth-order valence-electron chi connectivity index (χ4n) is 2.68. The van der Waals surface area contributed by atoms with Gasteiger partial charge in [0.25, 0.3) is 15.9 Å². The fraction of sp³-hybridized carbons (Fsp3) is 0.105. The van der Waals surface area contributed by atoms with Gasteiger partial charge in [-0.05, 0) is 35.7 Å². The van der Waals surface area contributed by atoms with Crippen molar-refractivity contribution >= 4 is 27.0 Å². The quantitative estimate of drug-likeness (QED) is 0.462. The number of thiophene rings is 1. The Morgan fingerprint density at radius 1 is 1.17 bits per heavy atom. The van der Waals surface area contributed by atoms with E-state index in [4.69, 9.17) is 9.26 Å². The van der Waals surface area contributed by atoms with Crippen molar-refractivity contribution in [1.82, 2.24) is 15.1 Å². The molecule has 4 rings (SSSR count). The Bertz CT molecular complexity index is 1240. The van der Waals surface area contributed by atoms with Crippen LogP contribution in [0.4, 0.5) is 5.69 Å². The third-order valence-electron chi connectivity index (χ3n) is 4.22. The number of anilines is 1. The largest absolute Gasteiger partial charge is 0.497 e. The highest BCUT2D eigenvalue weighted by molar-refractivity contribution is 7.93. The molecule has 0 aliphatic carbocycles. The van der Waals surface area contributed by atoms with Crippen molar-refractivity contribution in [3.8, 4) is 27.9 Å². The molecule has 0 saturated heterocycles. The van der Waals surface area contributed by atoms with Crippen LogP contribution in [-0.2, 0) is 10.0 Å². The van der Waals surface area contributed by atoms with Crippen LogP contribution >= 0.6 is 11.3 Å². The van der Waals surface area contributed by atoms with Crippen LogP contribution in [0.3, 0.4) is 0 Å². The molecule has 0 amide bonds. The van der Waals surface area contributed by atoms with Gasteiger partial charge < -0.3 is 9.26 Å². The van der Waals surface area contributed by atoms with Crippen molar-refractivity contribution < 1.29 is 17.7 Å². The van der Waals surface area contributed by atoms with Crippen LogP contribution in [0.25, 0.3) is 22.2 Å². The number of nitrogens with zero attached hydrogens (tertiary/aromatic N) is 4. The number of hydrogen-bond acceptors (Lipinski definition) is 8. The number of aromatic nitrogens is 3. The maximum absolute atomic E-state index is 13.3. The Hall–Kier alpha value is -3.24. The van der Waals surface area contributed by atoms with Gasteiger partial charge in [0.2, 0.25) is 5.82 Å². The first kappa shape index (κ1) is 19.1. The maximum atomic E-state index is 13.3. The second-order valence-electron chi connectivity index (χ2n) is 5.95. The summed E-state index contributed by atoms with van der Waals surface area (Å²) in [5.74, 6) is 1.04. The second kappa shape index (κ2) is 7.64. The van der Waals surface area contributed by atoms with Gasteiger partial charge in [-0.1, -0.05) is 11.2 Å². The summed E-state index contributed by atoms with van der Waals surface area (Å²) in [6.45, 7) is 0. The standard InChI is InChI=1S/C19H16N4O4S2/c1-23(14-6-3-7-15(11-14)26-2)29(24,25)16-8-10-28-17(16)19-21-18(22-27-19)13-5-4-9-20-12-13/h3-12H,1-2H3. The van der Waals surface area contributed by atoms with Gasteiger partial charge in [-0.15, -0.1) is 11.3 Å². The highest BCUT2D eigenvalue weighted by Crippen LogP contribution is 2.35. The van der Waals surface area contributed by atoms with Crippen LogP contribution in [0.15, 0.2) is 69.7 Å².